The first-order valence-corrected chi connectivity index (χ1v) is 27.5. The van der Waals surface area contributed by atoms with Crippen molar-refractivity contribution in [2.45, 2.75) is 0 Å². The quantitative estimate of drug-likeness (QED) is 0.161. The van der Waals surface area contributed by atoms with Crippen LogP contribution in [0.15, 0.2) is 285 Å². The lowest BCUT2D eigenvalue weighted by molar-refractivity contribution is 0.636. The molecule has 0 atom stereocenters. The summed E-state index contributed by atoms with van der Waals surface area (Å²) >= 11 is 2.32. The standard InChI is InChI=1S/C42H28N2.C18H12N2.C12H9I.CH3F/c1-3-11-29(12-4-1)31-19-23-33(24-20-31)43-37-17-9-7-15-35(37)41-39(43)27-28-40-42(41)36-16-8-10-18-38(36)44(40)34-25-21-32(22-26-34)30-13-5-2-6-14-30;1-3-7-13-11(5-1)17-15(19-13)9-10-16-18(17)12-6-2-4-8-14(12)20-16;13-12-8-6-11(7-9-12)10-4-2-1-3-5-10;1-2/h1-28H;1-10,19-20H;1-9H;1H3/i;;;1D. The minimum atomic E-state index is -1.00. The van der Waals surface area contributed by atoms with Crippen LogP contribution in [-0.4, -0.2) is 26.3 Å². The van der Waals surface area contributed by atoms with Crippen LogP contribution in [-0.2, 0) is 0 Å². The van der Waals surface area contributed by atoms with Gasteiger partial charge in [0.05, 0.1) is 30.6 Å². The number of hydrogen-bond donors (Lipinski definition) is 2. The van der Waals surface area contributed by atoms with E-state index in [1.54, 1.807) is 0 Å². The van der Waals surface area contributed by atoms with Crippen LogP contribution in [0.1, 0.15) is 1.37 Å². The van der Waals surface area contributed by atoms with Crippen LogP contribution >= 0.6 is 22.6 Å². The van der Waals surface area contributed by atoms with Gasteiger partial charge in [-0.3, -0.25) is 4.39 Å². The number of hydrogen-bond acceptors (Lipinski definition) is 0. The van der Waals surface area contributed by atoms with Crippen LogP contribution in [0.4, 0.5) is 4.39 Å². The second-order valence-electron chi connectivity index (χ2n) is 19.5. The van der Waals surface area contributed by atoms with Crippen molar-refractivity contribution in [3.8, 4) is 44.8 Å². The zero-order valence-electron chi connectivity index (χ0n) is 44.0. The molecular weight excluding hydrogens is 1080 g/mol. The van der Waals surface area contributed by atoms with Crippen LogP contribution < -0.4 is 0 Å². The molecule has 0 aliphatic rings. The second kappa shape index (κ2) is 21.5. The van der Waals surface area contributed by atoms with Gasteiger partial charge >= 0.3 is 0 Å². The molecule has 0 bridgehead atoms. The van der Waals surface area contributed by atoms with Crippen LogP contribution in [0.5, 0.6) is 0 Å². The molecule has 2 N–H and O–H groups in total. The Labute approximate surface area is 472 Å². The molecule has 0 aliphatic carbocycles. The summed E-state index contributed by atoms with van der Waals surface area (Å²) in [5.41, 5.74) is 19.4. The lowest BCUT2D eigenvalue weighted by Gasteiger charge is -2.11. The summed E-state index contributed by atoms with van der Waals surface area (Å²) < 4.78 is 21.6. The predicted molar refractivity (Wildman–Crippen MR) is 343 cm³/mol. The van der Waals surface area contributed by atoms with Crippen LogP contribution in [0.2, 0.25) is 0 Å². The van der Waals surface area contributed by atoms with Crippen molar-refractivity contribution in [3.05, 3.63) is 289 Å². The summed E-state index contributed by atoms with van der Waals surface area (Å²) in [6, 6.07) is 102. The van der Waals surface area contributed by atoms with E-state index >= 15 is 0 Å². The van der Waals surface area contributed by atoms with E-state index in [1.807, 2.05) is 6.07 Å². The number of H-pyrrole nitrogens is 2. The van der Waals surface area contributed by atoms with Crippen LogP contribution in [0.25, 0.3) is 132 Å². The smallest absolute Gasteiger partial charge is 0.0785 e. The van der Waals surface area contributed by atoms with Gasteiger partial charge in [0.25, 0.3) is 0 Å². The number of aromatic amines is 2. The van der Waals surface area contributed by atoms with Gasteiger partial charge in [-0.25, -0.2) is 0 Å². The Morgan fingerprint density at radius 2 is 0.595 bits per heavy atom. The number of fused-ring (bicyclic) bond motifs is 14. The normalized spacial score (nSPS) is 11.4. The lowest BCUT2D eigenvalue weighted by atomic mass is 10.1. The number of alkyl halides is 1. The minimum Gasteiger partial charge on any atom is -0.354 e. The first-order valence-electron chi connectivity index (χ1n) is 27.1. The number of halogens is 2. The summed E-state index contributed by atoms with van der Waals surface area (Å²) in [5.74, 6) is 0. The summed E-state index contributed by atoms with van der Waals surface area (Å²) in [4.78, 5) is 7.02. The fourth-order valence-electron chi connectivity index (χ4n) is 11.5. The number of nitrogens with zero attached hydrogens (tertiary/aromatic N) is 2. The summed E-state index contributed by atoms with van der Waals surface area (Å²) in [7, 11) is -1.00. The van der Waals surface area contributed by atoms with Gasteiger partial charge in [0.15, 0.2) is 0 Å². The predicted octanol–water partition coefficient (Wildman–Crippen LogP) is 20.7. The van der Waals surface area contributed by atoms with E-state index in [0.717, 1.165) is 11.4 Å². The molecule has 4 aromatic heterocycles. The van der Waals surface area contributed by atoms with Gasteiger partial charge in [-0.05, 0) is 141 Å². The number of benzene rings is 12. The highest BCUT2D eigenvalue weighted by Crippen LogP contribution is 2.43. The van der Waals surface area contributed by atoms with E-state index in [0.29, 0.717) is 0 Å². The zero-order chi connectivity index (χ0) is 53.9. The third-order valence-electron chi connectivity index (χ3n) is 15.0. The van der Waals surface area contributed by atoms with Crippen LogP contribution in [0, 0.1) is 3.57 Å². The van der Waals surface area contributed by atoms with Crippen molar-refractivity contribution in [1.82, 2.24) is 19.1 Å². The molecular formula is C73H52FIN4. The highest BCUT2D eigenvalue weighted by Gasteiger charge is 2.21. The SMILES string of the molecule is Ic1ccc(-c2ccccc2)cc1.[2H]CF.c1ccc(-c2ccc(-n3c4ccccc4c4c5c6ccccc6n(-c6ccc(-c7ccccc7)cc6)c5ccc43)cc2)cc1.c1ccc2c(c1)[nH]c1ccc3[nH]c4ccccc4c3c12. The largest absolute Gasteiger partial charge is 0.354 e. The first kappa shape index (κ1) is 47.9. The number of rotatable bonds is 5. The number of aromatic nitrogens is 4. The van der Waals surface area contributed by atoms with Crippen molar-refractivity contribution < 1.29 is 5.76 Å². The van der Waals surface area contributed by atoms with Gasteiger partial charge in [0, 0.05) is 80.1 Å². The van der Waals surface area contributed by atoms with E-state index in [9.17, 15) is 4.39 Å². The Morgan fingerprint density at radius 3 is 0.975 bits per heavy atom. The number of para-hydroxylation sites is 4. The number of nitrogens with one attached hydrogen (secondary N) is 2. The van der Waals surface area contributed by atoms with Gasteiger partial charge in [-0.2, -0.15) is 0 Å². The van der Waals surface area contributed by atoms with Crippen molar-refractivity contribution in [2.75, 3.05) is 7.15 Å². The third-order valence-corrected chi connectivity index (χ3v) is 15.7. The topological polar surface area (TPSA) is 41.4 Å². The molecule has 4 heterocycles. The van der Waals surface area contributed by atoms with E-state index in [-0.39, 0.29) is 0 Å². The van der Waals surface area contributed by atoms with Gasteiger partial charge < -0.3 is 19.1 Å². The van der Waals surface area contributed by atoms with Crippen molar-refractivity contribution in [2.24, 2.45) is 0 Å². The Kier molecular flexibility index (Phi) is 13.0. The Balaban J connectivity index is 0.000000137. The molecule has 0 saturated carbocycles. The van der Waals surface area contributed by atoms with E-state index in [4.69, 9.17) is 1.37 Å². The second-order valence-corrected chi connectivity index (χ2v) is 20.8. The highest BCUT2D eigenvalue weighted by molar-refractivity contribution is 14.1. The molecule has 0 amide bonds. The van der Waals surface area contributed by atoms with E-state index in [1.165, 1.54) is 124 Å². The molecule has 0 radical (unpaired) electrons. The molecule has 0 fully saturated rings. The molecule has 378 valence electrons. The van der Waals surface area contributed by atoms with E-state index in [2.05, 4.69) is 321 Å². The molecule has 0 spiro atoms. The summed E-state index contributed by atoms with van der Waals surface area (Å²) in [6.07, 6.45) is 0. The summed E-state index contributed by atoms with van der Waals surface area (Å²) in [6.45, 7) is 0. The van der Waals surface area contributed by atoms with Crippen LogP contribution in [0.3, 0.4) is 0 Å². The Morgan fingerprint density at radius 1 is 0.291 bits per heavy atom. The zero-order valence-corrected chi connectivity index (χ0v) is 45.2. The Bertz CT molecular complexity index is 4530. The van der Waals surface area contributed by atoms with E-state index < -0.39 is 7.15 Å². The third kappa shape index (κ3) is 9.10. The fraction of sp³-hybridized carbons (Fsp3) is 0.0137. The monoisotopic (exact) mass is 1130 g/mol. The van der Waals surface area contributed by atoms with Crippen molar-refractivity contribution in [1.29, 1.82) is 0 Å². The molecule has 0 aliphatic heterocycles. The molecule has 0 saturated heterocycles. The highest BCUT2D eigenvalue weighted by atomic mass is 127. The molecule has 16 rings (SSSR count). The van der Waals surface area contributed by atoms with Gasteiger partial charge in [-0.15, -0.1) is 0 Å². The molecule has 6 heteroatoms. The minimum absolute atomic E-state index is 1.00. The lowest BCUT2D eigenvalue weighted by Crippen LogP contribution is -1.95. The Hall–Kier alpha value is -9.50. The molecule has 12 aromatic carbocycles. The molecule has 79 heavy (non-hydrogen) atoms. The maximum Gasteiger partial charge on any atom is 0.0785 e. The maximum absolute atomic E-state index is 9.96. The van der Waals surface area contributed by atoms with Gasteiger partial charge in [-0.1, -0.05) is 200 Å². The molecule has 0 unspecified atom stereocenters. The molecule has 16 aromatic rings. The summed E-state index contributed by atoms with van der Waals surface area (Å²) in [5, 5.41) is 10.3. The van der Waals surface area contributed by atoms with Gasteiger partial charge in [0.2, 0.25) is 0 Å². The van der Waals surface area contributed by atoms with Crippen molar-refractivity contribution >= 4 is 110 Å². The average molecular weight is 1130 g/mol. The van der Waals surface area contributed by atoms with Gasteiger partial charge in [0.1, 0.15) is 0 Å². The first-order chi connectivity index (χ1) is 39.5. The molecule has 4 nitrogen and oxygen atoms in total. The van der Waals surface area contributed by atoms with Crippen molar-refractivity contribution in [3.63, 3.8) is 0 Å². The maximum atomic E-state index is 9.96. The average Bonchev–Trinajstić information content (AvgIpc) is 3.94. The fourth-order valence-corrected chi connectivity index (χ4v) is 11.9.